The zero-order valence-electron chi connectivity index (χ0n) is 26.0. The summed E-state index contributed by atoms with van der Waals surface area (Å²) in [7, 11) is 9.63. The molecule has 0 bridgehead atoms. The number of benzene rings is 2. The lowest BCUT2D eigenvalue weighted by molar-refractivity contribution is 0.193. The van der Waals surface area contributed by atoms with Crippen LogP contribution in [0.3, 0.4) is 0 Å². The van der Waals surface area contributed by atoms with Gasteiger partial charge in [-0.3, -0.25) is 9.80 Å². The van der Waals surface area contributed by atoms with Gasteiger partial charge in [0.05, 0.1) is 42.7 Å². The van der Waals surface area contributed by atoms with Gasteiger partial charge in [0.2, 0.25) is 11.5 Å². The van der Waals surface area contributed by atoms with Gasteiger partial charge in [0.1, 0.15) is 0 Å². The molecule has 2 aromatic heterocycles. The molecule has 0 spiro atoms. The second-order valence-electron chi connectivity index (χ2n) is 9.78. The van der Waals surface area contributed by atoms with Crippen molar-refractivity contribution in [2.75, 3.05) is 68.8 Å². The number of ether oxygens (including phenoxy) is 6. The molecule has 0 fully saturated rings. The number of nitrogens with zero attached hydrogens (tertiary/aromatic N) is 8. The maximum Gasteiger partial charge on any atom is 0.203 e. The van der Waals surface area contributed by atoms with Crippen molar-refractivity contribution < 1.29 is 28.4 Å². The zero-order chi connectivity index (χ0) is 31.3. The third-order valence-electron chi connectivity index (χ3n) is 7.08. The highest BCUT2D eigenvalue weighted by molar-refractivity contribution is 5.54. The standard InChI is InChI=1S/C28H40N10O6/c1-39-21-13-19(14-22(40-2)27(21)43-5)17-37(9-7-25-29-33-34-30-25)11-12-38(10-8-26-31-35-36-32-26)18-20-15-23(41-3)28(44-6)24(16-20)42-4/h13-16H,7-12,17-18H2,1-6H3,(H,29,30,33,34)(H,31,32,35,36). The number of tetrazole rings is 2. The molecule has 4 aromatic rings. The summed E-state index contributed by atoms with van der Waals surface area (Å²) in [5.74, 6) is 4.80. The molecule has 0 atom stereocenters. The molecule has 0 unspecified atom stereocenters. The van der Waals surface area contributed by atoms with Crippen LogP contribution in [0.4, 0.5) is 0 Å². The van der Waals surface area contributed by atoms with Crippen molar-refractivity contribution in [1.82, 2.24) is 51.0 Å². The Labute approximate surface area is 255 Å². The van der Waals surface area contributed by atoms with Gasteiger partial charge in [-0.15, -0.1) is 20.4 Å². The summed E-state index contributed by atoms with van der Waals surface area (Å²) in [6, 6.07) is 7.86. The van der Waals surface area contributed by atoms with Gasteiger partial charge in [-0.25, -0.2) is 0 Å². The van der Waals surface area contributed by atoms with Crippen molar-refractivity contribution >= 4 is 0 Å². The zero-order valence-corrected chi connectivity index (χ0v) is 26.0. The molecule has 0 saturated heterocycles. The van der Waals surface area contributed by atoms with E-state index in [4.69, 9.17) is 28.4 Å². The minimum atomic E-state index is 0.551. The largest absolute Gasteiger partial charge is 0.493 e. The number of hydrogen-bond acceptors (Lipinski definition) is 14. The number of H-pyrrole nitrogens is 2. The summed E-state index contributed by atoms with van der Waals surface area (Å²) in [5.41, 5.74) is 2.02. The van der Waals surface area contributed by atoms with Crippen LogP contribution in [0.1, 0.15) is 22.8 Å². The Morgan fingerprint density at radius 3 is 1.16 bits per heavy atom. The van der Waals surface area contributed by atoms with Gasteiger partial charge in [-0.1, -0.05) is 10.4 Å². The first-order valence-corrected chi connectivity index (χ1v) is 14.0. The van der Waals surface area contributed by atoms with E-state index in [0.717, 1.165) is 24.2 Å². The predicted molar refractivity (Wildman–Crippen MR) is 159 cm³/mol. The van der Waals surface area contributed by atoms with E-state index in [1.54, 1.807) is 42.7 Å². The van der Waals surface area contributed by atoms with Crippen LogP contribution in [0, 0.1) is 0 Å². The Hall–Kier alpha value is -4.70. The predicted octanol–water partition coefficient (Wildman–Crippen LogP) is 1.55. The maximum absolute atomic E-state index is 5.59. The van der Waals surface area contributed by atoms with Crippen LogP contribution in [0.2, 0.25) is 0 Å². The molecule has 0 saturated carbocycles. The second kappa shape index (κ2) is 16.2. The van der Waals surface area contributed by atoms with Gasteiger partial charge >= 0.3 is 0 Å². The molecular weight excluding hydrogens is 572 g/mol. The average molecular weight is 613 g/mol. The number of nitrogens with one attached hydrogen (secondary N) is 2. The van der Waals surface area contributed by atoms with E-state index in [1.807, 2.05) is 24.3 Å². The highest BCUT2D eigenvalue weighted by Crippen LogP contribution is 2.39. The Morgan fingerprint density at radius 2 is 0.886 bits per heavy atom. The Kier molecular flexibility index (Phi) is 11.9. The summed E-state index contributed by atoms with van der Waals surface area (Å²) < 4.78 is 33.4. The second-order valence-corrected chi connectivity index (χ2v) is 9.78. The maximum atomic E-state index is 5.59. The number of aromatic amines is 2. The van der Waals surface area contributed by atoms with E-state index >= 15 is 0 Å². The summed E-state index contributed by atoms with van der Waals surface area (Å²) >= 11 is 0. The fourth-order valence-electron chi connectivity index (χ4n) is 4.89. The van der Waals surface area contributed by atoms with Gasteiger partial charge in [0.25, 0.3) is 0 Å². The summed E-state index contributed by atoms with van der Waals surface area (Å²) in [4.78, 5) is 4.65. The van der Waals surface area contributed by atoms with E-state index in [9.17, 15) is 0 Å². The van der Waals surface area contributed by atoms with Gasteiger partial charge in [0, 0.05) is 52.1 Å². The summed E-state index contributed by atoms with van der Waals surface area (Å²) in [6.07, 6.45) is 1.24. The number of rotatable bonds is 19. The first-order valence-electron chi connectivity index (χ1n) is 14.0. The van der Waals surface area contributed by atoms with E-state index < -0.39 is 0 Å². The number of aromatic nitrogens is 8. The fourth-order valence-corrected chi connectivity index (χ4v) is 4.89. The summed E-state index contributed by atoms with van der Waals surface area (Å²) in [5, 5.41) is 29.0. The van der Waals surface area contributed by atoms with Crippen LogP contribution in [0.5, 0.6) is 34.5 Å². The fraction of sp³-hybridized carbons (Fsp3) is 0.500. The minimum absolute atomic E-state index is 0.551. The Balaban J connectivity index is 1.56. The lowest BCUT2D eigenvalue weighted by atomic mass is 10.1. The van der Waals surface area contributed by atoms with Crippen LogP contribution in [0.15, 0.2) is 24.3 Å². The van der Waals surface area contributed by atoms with Crippen LogP contribution >= 0.6 is 0 Å². The van der Waals surface area contributed by atoms with Crippen LogP contribution in [0.25, 0.3) is 0 Å². The molecule has 238 valence electrons. The Bertz CT molecular complexity index is 1260. The molecule has 4 rings (SSSR count). The third-order valence-corrected chi connectivity index (χ3v) is 7.08. The van der Waals surface area contributed by atoms with Crippen molar-refractivity contribution in [3.63, 3.8) is 0 Å². The van der Waals surface area contributed by atoms with Crippen molar-refractivity contribution in [2.45, 2.75) is 25.9 Å². The first kappa shape index (κ1) is 32.2. The van der Waals surface area contributed by atoms with Gasteiger partial charge < -0.3 is 28.4 Å². The van der Waals surface area contributed by atoms with E-state index in [-0.39, 0.29) is 0 Å². The molecular formula is C28H40N10O6. The lowest BCUT2D eigenvalue weighted by Gasteiger charge is -2.28. The molecule has 0 aliphatic heterocycles. The molecule has 0 aliphatic carbocycles. The smallest absolute Gasteiger partial charge is 0.203 e. The van der Waals surface area contributed by atoms with Crippen molar-refractivity contribution in [3.05, 3.63) is 47.0 Å². The number of methoxy groups -OCH3 is 6. The molecule has 2 aromatic carbocycles. The molecule has 2 heterocycles. The third kappa shape index (κ3) is 8.44. The van der Waals surface area contributed by atoms with Crippen LogP contribution in [-0.4, -0.2) is 120 Å². The average Bonchev–Trinajstić information content (AvgIpc) is 3.78. The van der Waals surface area contributed by atoms with Gasteiger partial charge in [-0.2, -0.15) is 10.4 Å². The van der Waals surface area contributed by atoms with E-state index in [2.05, 4.69) is 51.0 Å². The Morgan fingerprint density at radius 1 is 0.523 bits per heavy atom. The molecule has 0 amide bonds. The number of hydrogen-bond donors (Lipinski definition) is 2. The van der Waals surface area contributed by atoms with Gasteiger partial charge in [0.15, 0.2) is 34.6 Å². The van der Waals surface area contributed by atoms with Crippen molar-refractivity contribution in [2.24, 2.45) is 0 Å². The minimum Gasteiger partial charge on any atom is -0.493 e. The summed E-state index contributed by atoms with van der Waals surface area (Å²) in [6.45, 7) is 4.09. The van der Waals surface area contributed by atoms with Crippen molar-refractivity contribution in [3.8, 4) is 34.5 Å². The van der Waals surface area contributed by atoms with Crippen molar-refractivity contribution in [1.29, 1.82) is 0 Å². The van der Waals surface area contributed by atoms with Crippen LogP contribution in [-0.2, 0) is 25.9 Å². The lowest BCUT2D eigenvalue weighted by Crippen LogP contribution is -2.37. The van der Waals surface area contributed by atoms with E-state index in [1.165, 1.54) is 0 Å². The SMILES string of the molecule is COc1cc(CN(CCc2nn[nH]n2)CCN(CCc2nn[nH]n2)Cc2cc(OC)c(OC)c(OC)c2)cc(OC)c1OC. The molecule has 16 heteroatoms. The highest BCUT2D eigenvalue weighted by atomic mass is 16.5. The normalized spacial score (nSPS) is 11.2. The van der Waals surface area contributed by atoms with E-state index in [0.29, 0.717) is 85.2 Å². The van der Waals surface area contributed by atoms with Gasteiger partial charge in [-0.05, 0) is 35.4 Å². The molecule has 2 N–H and O–H groups in total. The molecule has 44 heavy (non-hydrogen) atoms. The monoisotopic (exact) mass is 612 g/mol. The molecule has 0 aliphatic rings. The first-order chi connectivity index (χ1) is 21.5. The quantitative estimate of drug-likeness (QED) is 0.156. The topological polar surface area (TPSA) is 171 Å². The van der Waals surface area contributed by atoms with Crippen LogP contribution < -0.4 is 28.4 Å². The molecule has 0 radical (unpaired) electrons. The molecule has 16 nitrogen and oxygen atoms in total. The highest BCUT2D eigenvalue weighted by Gasteiger charge is 2.19.